The summed E-state index contributed by atoms with van der Waals surface area (Å²) in [5.41, 5.74) is 1.74. The molecule has 140 valence electrons. The number of hydrogen-bond donors (Lipinski definition) is 1. The molecule has 0 aliphatic heterocycles. The Bertz CT molecular complexity index is 1080. The molecule has 0 aliphatic carbocycles. The maximum atomic E-state index is 12.3. The van der Waals surface area contributed by atoms with Crippen LogP contribution in [0, 0.1) is 6.92 Å². The Balaban J connectivity index is 1.68. The first kappa shape index (κ1) is 19.2. The van der Waals surface area contributed by atoms with Gasteiger partial charge in [-0.1, -0.05) is 34.1 Å². The molecule has 0 aliphatic rings. The van der Waals surface area contributed by atoms with Crippen LogP contribution in [0.3, 0.4) is 0 Å². The second kappa shape index (κ2) is 7.97. The molecule has 27 heavy (non-hydrogen) atoms. The molecule has 2 aromatic carbocycles. The number of benzene rings is 2. The Morgan fingerprint density at radius 2 is 1.96 bits per heavy atom. The van der Waals surface area contributed by atoms with E-state index in [2.05, 4.69) is 36.8 Å². The number of anilines is 1. The third-order valence-corrected chi connectivity index (χ3v) is 5.59. The third kappa shape index (κ3) is 5.20. The van der Waals surface area contributed by atoms with Crippen LogP contribution in [0.25, 0.3) is 5.69 Å². The highest BCUT2D eigenvalue weighted by Gasteiger charge is 2.18. The van der Waals surface area contributed by atoms with Crippen LogP contribution >= 0.6 is 15.9 Å². The van der Waals surface area contributed by atoms with E-state index in [0.29, 0.717) is 22.8 Å². The van der Waals surface area contributed by atoms with Gasteiger partial charge in [-0.15, -0.1) is 5.10 Å². The zero-order valence-corrected chi connectivity index (χ0v) is 16.7. The van der Waals surface area contributed by atoms with E-state index in [1.54, 1.807) is 49.4 Å². The molecule has 1 heterocycles. The van der Waals surface area contributed by atoms with E-state index in [-0.39, 0.29) is 5.75 Å². The maximum Gasteiger partial charge on any atom is 0.239 e. The molecule has 0 spiro atoms. The molecule has 1 N–H and O–H groups in total. The van der Waals surface area contributed by atoms with E-state index >= 15 is 0 Å². The molecule has 0 saturated carbocycles. The SMILES string of the molecule is Cc1nnnn1-c1cccc(NC(=O)CS(=O)(=O)Cc2cccc(Br)c2)c1. The number of halogens is 1. The largest absolute Gasteiger partial charge is 0.325 e. The predicted octanol–water partition coefficient (Wildman–Crippen LogP) is 2.29. The number of aryl methyl sites for hydroxylation is 1. The van der Waals surface area contributed by atoms with Gasteiger partial charge in [0.1, 0.15) is 5.75 Å². The molecule has 10 heteroatoms. The molecule has 0 bridgehead atoms. The molecular weight excluding hydrogens is 434 g/mol. The number of nitrogens with zero attached hydrogens (tertiary/aromatic N) is 4. The third-order valence-electron chi connectivity index (χ3n) is 3.63. The number of aromatic nitrogens is 4. The van der Waals surface area contributed by atoms with Crippen LogP contribution in [-0.2, 0) is 20.4 Å². The molecule has 3 aromatic rings. The van der Waals surface area contributed by atoms with Crippen LogP contribution in [0.15, 0.2) is 53.0 Å². The van der Waals surface area contributed by atoms with Gasteiger partial charge in [-0.2, -0.15) is 4.68 Å². The van der Waals surface area contributed by atoms with Crippen LogP contribution in [-0.4, -0.2) is 40.3 Å². The number of hydrogen-bond acceptors (Lipinski definition) is 6. The van der Waals surface area contributed by atoms with Crippen LogP contribution in [0.5, 0.6) is 0 Å². The van der Waals surface area contributed by atoms with Crippen molar-refractivity contribution in [2.45, 2.75) is 12.7 Å². The minimum atomic E-state index is -3.60. The summed E-state index contributed by atoms with van der Waals surface area (Å²) in [5, 5.41) is 13.9. The first-order valence-corrected chi connectivity index (χ1v) is 10.5. The van der Waals surface area contributed by atoms with Gasteiger partial charge < -0.3 is 5.32 Å². The van der Waals surface area contributed by atoms with Gasteiger partial charge in [0.05, 0.1) is 11.4 Å². The summed E-state index contributed by atoms with van der Waals surface area (Å²) in [6.45, 7) is 1.75. The minimum absolute atomic E-state index is 0.205. The van der Waals surface area contributed by atoms with Crippen molar-refractivity contribution in [2.24, 2.45) is 0 Å². The highest BCUT2D eigenvalue weighted by atomic mass is 79.9. The first-order chi connectivity index (χ1) is 12.8. The van der Waals surface area contributed by atoms with E-state index in [0.717, 1.165) is 4.47 Å². The standard InChI is InChI=1S/C17H16BrN5O3S/c1-12-20-21-22-23(12)16-7-3-6-15(9-16)19-17(24)11-27(25,26)10-13-4-2-5-14(18)8-13/h2-9H,10-11H2,1H3,(H,19,24). The summed E-state index contributed by atoms with van der Waals surface area (Å²) in [4.78, 5) is 12.2. The Labute approximate surface area is 164 Å². The summed E-state index contributed by atoms with van der Waals surface area (Å²) in [7, 11) is -3.60. The molecule has 0 unspecified atom stereocenters. The monoisotopic (exact) mass is 449 g/mol. The van der Waals surface area contributed by atoms with E-state index in [1.807, 2.05) is 6.07 Å². The lowest BCUT2D eigenvalue weighted by Crippen LogP contribution is -2.24. The molecule has 1 amide bonds. The average molecular weight is 450 g/mol. The molecule has 0 saturated heterocycles. The second-order valence-electron chi connectivity index (χ2n) is 5.90. The summed E-state index contributed by atoms with van der Waals surface area (Å²) in [6, 6.07) is 13.8. The van der Waals surface area contributed by atoms with Crippen molar-refractivity contribution in [3.63, 3.8) is 0 Å². The lowest BCUT2D eigenvalue weighted by Gasteiger charge is -2.09. The normalized spacial score (nSPS) is 11.3. The fourth-order valence-electron chi connectivity index (χ4n) is 2.51. The van der Waals surface area contributed by atoms with Crippen molar-refractivity contribution in [3.8, 4) is 5.69 Å². The Morgan fingerprint density at radius 3 is 2.67 bits per heavy atom. The fraction of sp³-hybridized carbons (Fsp3) is 0.176. The van der Waals surface area contributed by atoms with Crippen molar-refractivity contribution >= 4 is 37.4 Å². The van der Waals surface area contributed by atoms with Gasteiger partial charge in [0, 0.05) is 10.2 Å². The van der Waals surface area contributed by atoms with Gasteiger partial charge in [0.25, 0.3) is 0 Å². The predicted molar refractivity (Wildman–Crippen MR) is 104 cm³/mol. The summed E-state index contributed by atoms with van der Waals surface area (Å²) < 4.78 is 26.9. The number of amides is 1. The number of sulfone groups is 1. The lowest BCUT2D eigenvalue weighted by atomic mass is 10.2. The van der Waals surface area contributed by atoms with E-state index in [9.17, 15) is 13.2 Å². The molecule has 0 atom stereocenters. The zero-order chi connectivity index (χ0) is 19.4. The number of tetrazole rings is 1. The van der Waals surface area contributed by atoms with Crippen molar-refractivity contribution in [1.29, 1.82) is 0 Å². The quantitative estimate of drug-likeness (QED) is 0.618. The summed E-state index contributed by atoms with van der Waals surface area (Å²) in [5.74, 6) is -0.817. The van der Waals surface area contributed by atoms with Gasteiger partial charge in [0.15, 0.2) is 15.7 Å². The van der Waals surface area contributed by atoms with Gasteiger partial charge in [-0.3, -0.25) is 4.79 Å². The Morgan fingerprint density at radius 1 is 1.19 bits per heavy atom. The van der Waals surface area contributed by atoms with Crippen molar-refractivity contribution in [1.82, 2.24) is 20.2 Å². The van der Waals surface area contributed by atoms with E-state index in [1.165, 1.54) is 4.68 Å². The average Bonchev–Trinajstić information content (AvgIpc) is 3.00. The van der Waals surface area contributed by atoms with Crippen LogP contribution in [0.1, 0.15) is 11.4 Å². The number of rotatable bonds is 6. The summed E-state index contributed by atoms with van der Waals surface area (Å²) >= 11 is 3.30. The number of carbonyl (C=O) groups excluding carboxylic acids is 1. The molecule has 8 nitrogen and oxygen atoms in total. The Kier molecular flexibility index (Phi) is 5.66. The van der Waals surface area contributed by atoms with Crippen molar-refractivity contribution in [3.05, 3.63) is 64.4 Å². The van der Waals surface area contributed by atoms with Crippen molar-refractivity contribution in [2.75, 3.05) is 11.1 Å². The molecule has 0 radical (unpaired) electrons. The molecule has 1 aromatic heterocycles. The minimum Gasteiger partial charge on any atom is -0.325 e. The van der Waals surface area contributed by atoms with Gasteiger partial charge in [-0.25, -0.2) is 8.42 Å². The van der Waals surface area contributed by atoms with Crippen LogP contribution < -0.4 is 5.32 Å². The molecular formula is C17H16BrN5O3S. The lowest BCUT2D eigenvalue weighted by molar-refractivity contribution is -0.113. The van der Waals surface area contributed by atoms with Gasteiger partial charge in [-0.05, 0) is 53.2 Å². The fourth-order valence-corrected chi connectivity index (χ4v) is 4.22. The molecule has 3 rings (SSSR count). The van der Waals surface area contributed by atoms with Crippen molar-refractivity contribution < 1.29 is 13.2 Å². The zero-order valence-electron chi connectivity index (χ0n) is 14.3. The smallest absolute Gasteiger partial charge is 0.239 e. The van der Waals surface area contributed by atoms with Crippen LogP contribution in [0.2, 0.25) is 0 Å². The second-order valence-corrected chi connectivity index (χ2v) is 8.88. The van der Waals surface area contributed by atoms with Crippen LogP contribution in [0.4, 0.5) is 5.69 Å². The Hall–Kier alpha value is -2.59. The number of nitrogens with one attached hydrogen (secondary N) is 1. The van der Waals surface area contributed by atoms with E-state index < -0.39 is 21.5 Å². The molecule has 0 fully saturated rings. The maximum absolute atomic E-state index is 12.3. The first-order valence-electron chi connectivity index (χ1n) is 7.92. The highest BCUT2D eigenvalue weighted by Crippen LogP contribution is 2.16. The topological polar surface area (TPSA) is 107 Å². The number of carbonyl (C=O) groups is 1. The van der Waals surface area contributed by atoms with E-state index in [4.69, 9.17) is 0 Å². The summed E-state index contributed by atoms with van der Waals surface area (Å²) in [6.07, 6.45) is 0. The van der Waals surface area contributed by atoms with Gasteiger partial charge >= 0.3 is 0 Å². The van der Waals surface area contributed by atoms with Gasteiger partial charge in [0.2, 0.25) is 5.91 Å². The highest BCUT2D eigenvalue weighted by molar-refractivity contribution is 9.10.